The van der Waals surface area contributed by atoms with Gasteiger partial charge in [-0.25, -0.2) is 5.43 Å². The summed E-state index contributed by atoms with van der Waals surface area (Å²) in [6, 6.07) is 18.5. The third kappa shape index (κ3) is 6.03. The molecule has 0 spiro atoms. The third-order valence-corrected chi connectivity index (χ3v) is 5.43. The molecular formula is C22H28N2OS. The van der Waals surface area contributed by atoms with Crippen LogP contribution in [0.15, 0.2) is 59.7 Å². The number of hydrazone groups is 1. The molecule has 2 rings (SSSR count). The highest BCUT2D eigenvalue weighted by molar-refractivity contribution is 7.99. The summed E-state index contributed by atoms with van der Waals surface area (Å²) in [5.41, 5.74) is 7.14. The van der Waals surface area contributed by atoms with Crippen LogP contribution in [0.5, 0.6) is 0 Å². The van der Waals surface area contributed by atoms with Gasteiger partial charge in [0.15, 0.2) is 0 Å². The summed E-state index contributed by atoms with van der Waals surface area (Å²) in [6.07, 6.45) is 0. The molecular weight excluding hydrogens is 340 g/mol. The van der Waals surface area contributed by atoms with Gasteiger partial charge in [-0.05, 0) is 36.0 Å². The van der Waals surface area contributed by atoms with Crippen LogP contribution in [-0.4, -0.2) is 16.9 Å². The molecule has 0 unspecified atom stereocenters. The van der Waals surface area contributed by atoms with Crippen LogP contribution in [0.1, 0.15) is 51.3 Å². The molecule has 0 fully saturated rings. The minimum atomic E-state index is -0.157. The van der Waals surface area contributed by atoms with E-state index in [1.54, 1.807) is 11.8 Å². The molecule has 4 heteroatoms. The fraction of sp³-hybridized carbons (Fsp3) is 0.364. The van der Waals surface area contributed by atoms with E-state index in [1.807, 2.05) is 32.0 Å². The molecule has 138 valence electrons. The average Bonchev–Trinajstić information content (AvgIpc) is 2.64. The quantitative estimate of drug-likeness (QED) is 0.566. The Bertz CT molecular complexity index is 746. The minimum absolute atomic E-state index is 0.0726. The molecule has 0 saturated heterocycles. The number of nitrogens with one attached hydrogen (secondary N) is 1. The standard InChI is InChI=1S/C22H28N2OS/c1-16(19-11-13-20(14-12-19)22(3,4)5)23-24-21(25)17(2)26-15-18-9-7-6-8-10-18/h6-14,17H,15H2,1-5H3,(H,24,25)/b23-16+/t17-/m1/s1. The number of nitrogens with zero attached hydrogens (tertiary/aromatic N) is 1. The Balaban J connectivity index is 1.89. The van der Waals surface area contributed by atoms with Crippen LogP contribution in [0.2, 0.25) is 0 Å². The first-order valence-corrected chi connectivity index (χ1v) is 9.93. The van der Waals surface area contributed by atoms with Gasteiger partial charge in [0.1, 0.15) is 0 Å². The van der Waals surface area contributed by atoms with E-state index in [0.717, 1.165) is 17.0 Å². The van der Waals surface area contributed by atoms with Crippen molar-refractivity contribution in [3.05, 3.63) is 71.3 Å². The van der Waals surface area contributed by atoms with Crippen LogP contribution in [0.3, 0.4) is 0 Å². The first-order chi connectivity index (χ1) is 12.3. The van der Waals surface area contributed by atoms with E-state index in [0.29, 0.717) is 0 Å². The van der Waals surface area contributed by atoms with Crippen molar-refractivity contribution in [2.24, 2.45) is 5.10 Å². The van der Waals surface area contributed by atoms with Gasteiger partial charge in [-0.15, -0.1) is 11.8 Å². The highest BCUT2D eigenvalue weighted by Crippen LogP contribution is 2.22. The number of hydrogen-bond donors (Lipinski definition) is 1. The normalized spacial score (nSPS) is 13.3. The molecule has 1 amide bonds. The molecule has 0 aliphatic carbocycles. The smallest absolute Gasteiger partial charge is 0.252 e. The molecule has 1 N–H and O–H groups in total. The number of thioether (sulfide) groups is 1. The Hall–Kier alpha value is -2.07. The molecule has 0 aliphatic heterocycles. The summed E-state index contributed by atoms with van der Waals surface area (Å²) in [4.78, 5) is 12.2. The molecule has 0 heterocycles. The van der Waals surface area contributed by atoms with E-state index < -0.39 is 0 Å². The van der Waals surface area contributed by atoms with Gasteiger partial charge in [0, 0.05) is 5.75 Å². The van der Waals surface area contributed by atoms with E-state index in [4.69, 9.17) is 0 Å². The molecule has 0 aliphatic rings. The third-order valence-electron chi connectivity index (χ3n) is 4.21. The van der Waals surface area contributed by atoms with Crippen LogP contribution >= 0.6 is 11.8 Å². The molecule has 0 radical (unpaired) electrons. The Morgan fingerprint density at radius 2 is 1.69 bits per heavy atom. The summed E-state index contributed by atoms with van der Waals surface area (Å²) in [5.74, 6) is 0.739. The number of carbonyl (C=O) groups is 1. The highest BCUT2D eigenvalue weighted by Gasteiger charge is 2.14. The van der Waals surface area contributed by atoms with E-state index in [9.17, 15) is 4.79 Å². The average molecular weight is 369 g/mol. The monoisotopic (exact) mass is 368 g/mol. The van der Waals surface area contributed by atoms with Crippen molar-refractivity contribution in [3.63, 3.8) is 0 Å². The van der Waals surface area contributed by atoms with Crippen molar-refractivity contribution < 1.29 is 4.79 Å². The maximum Gasteiger partial charge on any atom is 0.252 e. The van der Waals surface area contributed by atoms with Crippen molar-refractivity contribution in [1.29, 1.82) is 0 Å². The number of hydrogen-bond acceptors (Lipinski definition) is 3. The maximum atomic E-state index is 12.2. The van der Waals surface area contributed by atoms with E-state index in [-0.39, 0.29) is 16.6 Å². The Labute approximate surface area is 161 Å². The van der Waals surface area contributed by atoms with Crippen molar-refractivity contribution in [1.82, 2.24) is 5.43 Å². The van der Waals surface area contributed by atoms with Gasteiger partial charge in [-0.2, -0.15) is 5.10 Å². The molecule has 1 atom stereocenters. The van der Waals surface area contributed by atoms with Gasteiger partial charge in [-0.3, -0.25) is 4.79 Å². The summed E-state index contributed by atoms with van der Waals surface area (Å²) >= 11 is 1.61. The van der Waals surface area contributed by atoms with Gasteiger partial charge < -0.3 is 0 Å². The second kappa shape index (κ2) is 9.04. The molecule has 2 aromatic rings. The zero-order valence-electron chi connectivity index (χ0n) is 16.2. The SMILES string of the molecule is C/C(=N\NC(=O)[C@@H](C)SCc1ccccc1)c1ccc(C(C)(C)C)cc1. The van der Waals surface area contributed by atoms with Crippen molar-refractivity contribution >= 4 is 23.4 Å². The Morgan fingerprint density at radius 3 is 2.27 bits per heavy atom. The molecule has 3 nitrogen and oxygen atoms in total. The van der Waals surface area contributed by atoms with Crippen LogP contribution in [0.4, 0.5) is 0 Å². The molecule has 0 saturated carbocycles. The number of amides is 1. The van der Waals surface area contributed by atoms with Crippen molar-refractivity contribution in [2.45, 2.75) is 51.0 Å². The summed E-state index contributed by atoms with van der Waals surface area (Å²) < 4.78 is 0. The van der Waals surface area contributed by atoms with E-state index in [2.05, 4.69) is 67.7 Å². The lowest BCUT2D eigenvalue weighted by Gasteiger charge is -2.19. The second-order valence-corrected chi connectivity index (χ2v) is 8.77. The summed E-state index contributed by atoms with van der Waals surface area (Å²) in [6.45, 7) is 10.4. The Kier molecular flexibility index (Phi) is 7.04. The van der Waals surface area contributed by atoms with E-state index in [1.165, 1.54) is 11.1 Å². The van der Waals surface area contributed by atoms with Crippen molar-refractivity contribution in [2.75, 3.05) is 0 Å². The lowest BCUT2D eigenvalue weighted by atomic mass is 9.86. The molecule has 2 aromatic carbocycles. The lowest BCUT2D eigenvalue weighted by Crippen LogP contribution is -2.27. The molecule has 0 bridgehead atoms. The molecule has 0 aromatic heterocycles. The van der Waals surface area contributed by atoms with E-state index >= 15 is 0 Å². The first kappa shape index (κ1) is 20.2. The lowest BCUT2D eigenvalue weighted by molar-refractivity contribution is -0.120. The first-order valence-electron chi connectivity index (χ1n) is 8.88. The highest BCUT2D eigenvalue weighted by atomic mass is 32.2. The van der Waals surface area contributed by atoms with Gasteiger partial charge in [0.05, 0.1) is 11.0 Å². The largest absolute Gasteiger partial charge is 0.272 e. The number of benzene rings is 2. The Morgan fingerprint density at radius 1 is 1.08 bits per heavy atom. The number of carbonyl (C=O) groups excluding carboxylic acids is 1. The fourth-order valence-corrected chi connectivity index (χ4v) is 3.22. The van der Waals surface area contributed by atoms with Gasteiger partial charge in [0.2, 0.25) is 0 Å². The summed E-state index contributed by atoms with van der Waals surface area (Å²) in [5, 5.41) is 4.11. The second-order valence-electron chi connectivity index (χ2n) is 7.44. The fourth-order valence-electron chi connectivity index (χ4n) is 2.38. The topological polar surface area (TPSA) is 41.5 Å². The van der Waals surface area contributed by atoms with Crippen LogP contribution in [-0.2, 0) is 16.0 Å². The van der Waals surface area contributed by atoms with Crippen LogP contribution < -0.4 is 5.43 Å². The predicted octanol–water partition coefficient (Wildman–Crippen LogP) is 5.15. The van der Waals surface area contributed by atoms with Gasteiger partial charge in [0.25, 0.3) is 5.91 Å². The summed E-state index contributed by atoms with van der Waals surface area (Å²) in [7, 11) is 0. The van der Waals surface area contributed by atoms with Gasteiger partial charge >= 0.3 is 0 Å². The zero-order chi connectivity index (χ0) is 19.2. The van der Waals surface area contributed by atoms with Crippen molar-refractivity contribution in [3.8, 4) is 0 Å². The van der Waals surface area contributed by atoms with Gasteiger partial charge in [-0.1, -0.05) is 75.4 Å². The maximum absolute atomic E-state index is 12.2. The van der Waals surface area contributed by atoms with Crippen LogP contribution in [0.25, 0.3) is 0 Å². The molecule has 26 heavy (non-hydrogen) atoms. The van der Waals surface area contributed by atoms with Crippen LogP contribution in [0, 0.1) is 0 Å². The minimum Gasteiger partial charge on any atom is -0.272 e. The number of rotatable bonds is 6. The zero-order valence-corrected chi connectivity index (χ0v) is 17.1. The predicted molar refractivity (Wildman–Crippen MR) is 113 cm³/mol.